The minimum absolute atomic E-state index is 0.0213. The van der Waals surface area contributed by atoms with E-state index in [1.165, 1.54) is 5.56 Å². The van der Waals surface area contributed by atoms with Gasteiger partial charge in [0.05, 0.1) is 6.54 Å². The molecule has 0 aliphatic heterocycles. The largest absolute Gasteiger partial charge is 0.385 e. The number of benzene rings is 1. The summed E-state index contributed by atoms with van der Waals surface area (Å²) in [5.74, 6) is 0.0213. The van der Waals surface area contributed by atoms with Crippen LogP contribution in [0.3, 0.4) is 0 Å². The number of nitrogens with one attached hydrogen (secondary N) is 2. The zero-order valence-electron chi connectivity index (χ0n) is 11.2. The highest BCUT2D eigenvalue weighted by Crippen LogP contribution is 2.02. The van der Waals surface area contributed by atoms with Gasteiger partial charge in [-0.25, -0.2) is 0 Å². The summed E-state index contributed by atoms with van der Waals surface area (Å²) in [6, 6.07) is 8.15. The molecule has 2 N–H and O–H groups in total. The molecule has 0 aliphatic rings. The molecule has 0 atom stereocenters. The molecular formula is C14H22N2O2. The molecular weight excluding hydrogens is 228 g/mol. The third-order valence-electron chi connectivity index (χ3n) is 2.60. The van der Waals surface area contributed by atoms with E-state index in [2.05, 4.69) is 10.6 Å². The Labute approximate surface area is 109 Å². The molecule has 0 unspecified atom stereocenters. The number of hydrogen-bond donors (Lipinski definition) is 2. The second-order valence-electron chi connectivity index (χ2n) is 4.29. The molecule has 0 bridgehead atoms. The molecule has 1 amide bonds. The molecule has 1 aromatic carbocycles. The lowest BCUT2D eigenvalue weighted by Crippen LogP contribution is -2.34. The Morgan fingerprint density at radius 3 is 2.67 bits per heavy atom. The zero-order valence-corrected chi connectivity index (χ0v) is 11.2. The first-order valence-corrected chi connectivity index (χ1v) is 6.24. The van der Waals surface area contributed by atoms with Crippen LogP contribution >= 0.6 is 0 Å². The van der Waals surface area contributed by atoms with Crippen molar-refractivity contribution in [2.45, 2.75) is 19.9 Å². The maximum atomic E-state index is 11.5. The summed E-state index contributed by atoms with van der Waals surface area (Å²) in [7, 11) is 1.67. The number of ether oxygens (including phenoxy) is 1. The van der Waals surface area contributed by atoms with Gasteiger partial charge in [-0.3, -0.25) is 4.79 Å². The van der Waals surface area contributed by atoms with Crippen molar-refractivity contribution in [2.24, 2.45) is 0 Å². The van der Waals surface area contributed by atoms with E-state index in [9.17, 15) is 4.79 Å². The van der Waals surface area contributed by atoms with Crippen LogP contribution < -0.4 is 10.6 Å². The average molecular weight is 250 g/mol. The topological polar surface area (TPSA) is 50.4 Å². The summed E-state index contributed by atoms with van der Waals surface area (Å²) in [6.45, 7) is 4.50. The smallest absolute Gasteiger partial charge is 0.234 e. The van der Waals surface area contributed by atoms with Gasteiger partial charge in [-0.05, 0) is 25.5 Å². The number of hydrogen-bond acceptors (Lipinski definition) is 3. The number of aryl methyl sites for hydroxylation is 1. The molecule has 0 heterocycles. The third kappa shape index (κ3) is 6.37. The first-order valence-electron chi connectivity index (χ1n) is 6.24. The van der Waals surface area contributed by atoms with Crippen LogP contribution in [0.2, 0.25) is 0 Å². The lowest BCUT2D eigenvalue weighted by Gasteiger charge is -2.07. The summed E-state index contributed by atoms with van der Waals surface area (Å²) >= 11 is 0. The minimum atomic E-state index is 0.0213. The van der Waals surface area contributed by atoms with Gasteiger partial charge < -0.3 is 15.4 Å². The van der Waals surface area contributed by atoms with Crippen molar-refractivity contribution in [3.63, 3.8) is 0 Å². The molecule has 0 aliphatic carbocycles. The molecule has 4 heteroatoms. The van der Waals surface area contributed by atoms with E-state index in [-0.39, 0.29) is 5.91 Å². The Bertz CT molecular complexity index is 349. The Morgan fingerprint density at radius 1 is 1.28 bits per heavy atom. The zero-order chi connectivity index (χ0) is 13.2. The lowest BCUT2D eigenvalue weighted by atomic mass is 10.1. The van der Waals surface area contributed by atoms with Gasteiger partial charge in [-0.2, -0.15) is 0 Å². The fraction of sp³-hybridized carbons (Fsp3) is 0.500. The number of methoxy groups -OCH3 is 1. The standard InChI is InChI=1S/C14H22N2O2/c1-12-4-6-13(7-5-12)10-16-14(17)11-15-8-3-9-18-2/h4-7,15H,3,8-11H2,1-2H3,(H,16,17). The molecule has 1 rings (SSSR count). The van der Waals surface area contributed by atoms with E-state index in [0.29, 0.717) is 13.1 Å². The van der Waals surface area contributed by atoms with Crippen molar-refractivity contribution in [3.8, 4) is 0 Å². The quantitative estimate of drug-likeness (QED) is 0.682. The molecule has 1 aromatic rings. The van der Waals surface area contributed by atoms with Crippen LogP contribution in [-0.2, 0) is 16.1 Å². The van der Waals surface area contributed by atoms with E-state index >= 15 is 0 Å². The van der Waals surface area contributed by atoms with Crippen LogP contribution in [-0.4, -0.2) is 32.7 Å². The fourth-order valence-electron chi connectivity index (χ4n) is 1.51. The van der Waals surface area contributed by atoms with E-state index in [4.69, 9.17) is 4.74 Å². The van der Waals surface area contributed by atoms with Crippen molar-refractivity contribution in [3.05, 3.63) is 35.4 Å². The maximum Gasteiger partial charge on any atom is 0.234 e. The first kappa shape index (κ1) is 14.7. The minimum Gasteiger partial charge on any atom is -0.385 e. The predicted octanol–water partition coefficient (Wildman–Crippen LogP) is 1.24. The fourth-order valence-corrected chi connectivity index (χ4v) is 1.51. The Kier molecular flexibility index (Phi) is 7.06. The van der Waals surface area contributed by atoms with E-state index in [1.807, 2.05) is 31.2 Å². The molecule has 18 heavy (non-hydrogen) atoms. The van der Waals surface area contributed by atoms with Gasteiger partial charge in [0.2, 0.25) is 5.91 Å². The van der Waals surface area contributed by atoms with E-state index in [1.54, 1.807) is 7.11 Å². The van der Waals surface area contributed by atoms with Gasteiger partial charge >= 0.3 is 0 Å². The summed E-state index contributed by atoms with van der Waals surface area (Å²) < 4.78 is 4.92. The normalized spacial score (nSPS) is 10.3. The summed E-state index contributed by atoms with van der Waals surface area (Å²) in [6.07, 6.45) is 0.918. The monoisotopic (exact) mass is 250 g/mol. The van der Waals surface area contributed by atoms with E-state index in [0.717, 1.165) is 25.1 Å². The highest BCUT2D eigenvalue weighted by Gasteiger charge is 2.00. The molecule has 0 radical (unpaired) electrons. The molecule has 4 nitrogen and oxygen atoms in total. The van der Waals surface area contributed by atoms with Crippen LogP contribution in [0.1, 0.15) is 17.5 Å². The van der Waals surface area contributed by atoms with Gasteiger partial charge in [0.1, 0.15) is 0 Å². The summed E-state index contributed by atoms with van der Waals surface area (Å²) in [5.41, 5.74) is 2.35. The molecule has 0 aromatic heterocycles. The van der Waals surface area contributed by atoms with Gasteiger partial charge in [-0.1, -0.05) is 29.8 Å². The highest BCUT2D eigenvalue weighted by atomic mass is 16.5. The van der Waals surface area contributed by atoms with Gasteiger partial charge in [-0.15, -0.1) is 0 Å². The second kappa shape index (κ2) is 8.66. The van der Waals surface area contributed by atoms with Crippen molar-refractivity contribution in [1.82, 2.24) is 10.6 Å². The highest BCUT2D eigenvalue weighted by molar-refractivity contribution is 5.77. The van der Waals surface area contributed by atoms with Gasteiger partial charge in [0.15, 0.2) is 0 Å². The molecule has 0 spiro atoms. The van der Waals surface area contributed by atoms with E-state index < -0.39 is 0 Å². The van der Waals surface area contributed by atoms with Crippen molar-refractivity contribution < 1.29 is 9.53 Å². The summed E-state index contributed by atoms with van der Waals surface area (Å²) in [5, 5.41) is 5.95. The SMILES string of the molecule is COCCCNCC(=O)NCc1ccc(C)cc1. The van der Waals surface area contributed by atoms with Gasteiger partial charge in [0.25, 0.3) is 0 Å². The number of carbonyl (C=O) groups is 1. The third-order valence-corrected chi connectivity index (χ3v) is 2.60. The van der Waals surface area contributed by atoms with Crippen LogP contribution in [0, 0.1) is 6.92 Å². The Hall–Kier alpha value is -1.39. The molecule has 0 fully saturated rings. The summed E-state index contributed by atoms with van der Waals surface area (Å²) in [4.78, 5) is 11.5. The molecule has 0 saturated heterocycles. The van der Waals surface area contributed by atoms with Crippen LogP contribution in [0.15, 0.2) is 24.3 Å². The van der Waals surface area contributed by atoms with Crippen molar-refractivity contribution >= 4 is 5.91 Å². The lowest BCUT2D eigenvalue weighted by molar-refractivity contribution is -0.120. The number of amides is 1. The second-order valence-corrected chi connectivity index (χ2v) is 4.29. The predicted molar refractivity (Wildman–Crippen MR) is 72.4 cm³/mol. The molecule has 100 valence electrons. The van der Waals surface area contributed by atoms with Crippen molar-refractivity contribution in [2.75, 3.05) is 26.8 Å². The Balaban J connectivity index is 2.11. The van der Waals surface area contributed by atoms with Crippen LogP contribution in [0.5, 0.6) is 0 Å². The number of rotatable bonds is 8. The number of carbonyl (C=O) groups excluding carboxylic acids is 1. The van der Waals surface area contributed by atoms with Crippen LogP contribution in [0.4, 0.5) is 0 Å². The molecule has 0 saturated carbocycles. The average Bonchev–Trinajstić information content (AvgIpc) is 2.38. The van der Waals surface area contributed by atoms with Gasteiger partial charge in [0, 0.05) is 20.3 Å². The first-order chi connectivity index (χ1) is 8.72. The Morgan fingerprint density at radius 2 is 2.00 bits per heavy atom. The van der Waals surface area contributed by atoms with Crippen LogP contribution in [0.25, 0.3) is 0 Å². The maximum absolute atomic E-state index is 11.5. The van der Waals surface area contributed by atoms with Crippen molar-refractivity contribution in [1.29, 1.82) is 0 Å².